The number of hydrogen-bond acceptors (Lipinski definition) is 3. The predicted octanol–water partition coefficient (Wildman–Crippen LogP) is 2.24. The third-order valence-electron chi connectivity index (χ3n) is 3.47. The van der Waals surface area contributed by atoms with Gasteiger partial charge in [-0.25, -0.2) is 9.78 Å². The number of aliphatic carboxylic acids is 1. The lowest BCUT2D eigenvalue weighted by Crippen LogP contribution is -2.07. The van der Waals surface area contributed by atoms with Crippen molar-refractivity contribution in [1.29, 1.82) is 0 Å². The first-order chi connectivity index (χ1) is 9.74. The van der Waals surface area contributed by atoms with Gasteiger partial charge in [0.2, 0.25) is 0 Å². The molecule has 0 aromatic carbocycles. The number of hydrogen-bond donors (Lipinski definition) is 1. The summed E-state index contributed by atoms with van der Waals surface area (Å²) in [5.41, 5.74) is 4.11. The SMILES string of the molecule is O=C(O)/C=C/c1cncc(-n2cnc3c2CCCC3)c1. The highest BCUT2D eigenvalue weighted by atomic mass is 16.4. The van der Waals surface area contributed by atoms with Gasteiger partial charge >= 0.3 is 5.97 Å². The molecule has 2 aromatic heterocycles. The lowest BCUT2D eigenvalue weighted by atomic mass is 10.0. The van der Waals surface area contributed by atoms with Gasteiger partial charge in [0.15, 0.2) is 0 Å². The molecule has 0 atom stereocenters. The summed E-state index contributed by atoms with van der Waals surface area (Å²) in [5, 5.41) is 8.66. The zero-order chi connectivity index (χ0) is 13.9. The fourth-order valence-corrected chi connectivity index (χ4v) is 2.53. The summed E-state index contributed by atoms with van der Waals surface area (Å²) < 4.78 is 2.06. The Balaban J connectivity index is 1.96. The number of aromatic nitrogens is 3. The van der Waals surface area contributed by atoms with E-state index in [4.69, 9.17) is 5.11 Å². The second-order valence-corrected chi connectivity index (χ2v) is 4.86. The maximum Gasteiger partial charge on any atom is 0.328 e. The average molecular weight is 269 g/mol. The van der Waals surface area contributed by atoms with E-state index in [1.54, 1.807) is 18.5 Å². The van der Waals surface area contributed by atoms with Crippen LogP contribution >= 0.6 is 0 Å². The van der Waals surface area contributed by atoms with Crippen molar-refractivity contribution in [2.45, 2.75) is 25.7 Å². The van der Waals surface area contributed by atoms with Gasteiger partial charge in [-0.3, -0.25) is 4.98 Å². The van der Waals surface area contributed by atoms with Gasteiger partial charge in [-0.2, -0.15) is 0 Å². The molecule has 0 unspecified atom stereocenters. The number of imidazole rings is 1. The molecule has 5 nitrogen and oxygen atoms in total. The second kappa shape index (κ2) is 5.28. The minimum absolute atomic E-state index is 0.767. The zero-order valence-electron chi connectivity index (χ0n) is 11.0. The van der Waals surface area contributed by atoms with Gasteiger partial charge in [0, 0.05) is 18.0 Å². The minimum atomic E-state index is -0.963. The molecular weight excluding hydrogens is 254 g/mol. The van der Waals surface area contributed by atoms with E-state index < -0.39 is 5.97 Å². The Bertz CT molecular complexity index is 674. The number of fused-ring (bicyclic) bond motifs is 1. The van der Waals surface area contributed by atoms with E-state index in [1.165, 1.54) is 24.2 Å². The van der Waals surface area contributed by atoms with Crippen LogP contribution in [0.2, 0.25) is 0 Å². The van der Waals surface area contributed by atoms with E-state index in [-0.39, 0.29) is 0 Å². The normalized spacial score (nSPS) is 14.4. The molecule has 3 rings (SSSR count). The third-order valence-corrected chi connectivity index (χ3v) is 3.47. The van der Waals surface area contributed by atoms with Crippen molar-refractivity contribution >= 4 is 12.0 Å². The number of nitrogens with zero attached hydrogens (tertiary/aromatic N) is 3. The first-order valence-electron chi connectivity index (χ1n) is 6.65. The molecule has 1 aliphatic rings. The largest absolute Gasteiger partial charge is 0.478 e. The quantitative estimate of drug-likeness (QED) is 0.868. The standard InChI is InChI=1S/C15H15N3O2/c19-15(20)6-5-11-7-12(9-16-8-11)18-10-17-13-3-1-2-4-14(13)18/h5-10H,1-4H2,(H,19,20)/b6-5+. The van der Waals surface area contributed by atoms with Crippen LogP contribution in [0, 0.1) is 0 Å². The average Bonchev–Trinajstić information content (AvgIpc) is 2.89. The van der Waals surface area contributed by atoms with Crippen molar-refractivity contribution in [3.63, 3.8) is 0 Å². The maximum absolute atomic E-state index is 10.6. The summed E-state index contributed by atoms with van der Waals surface area (Å²) in [7, 11) is 0. The van der Waals surface area contributed by atoms with Gasteiger partial charge in [-0.1, -0.05) is 0 Å². The van der Waals surface area contributed by atoms with Gasteiger partial charge < -0.3 is 9.67 Å². The molecule has 0 amide bonds. The number of carboxylic acids is 1. The summed E-state index contributed by atoms with van der Waals surface area (Å²) in [6.07, 6.45) is 12.4. The highest BCUT2D eigenvalue weighted by Gasteiger charge is 2.16. The van der Waals surface area contributed by atoms with E-state index in [9.17, 15) is 4.79 Å². The molecule has 5 heteroatoms. The molecular formula is C15H15N3O2. The predicted molar refractivity (Wildman–Crippen MR) is 74.7 cm³/mol. The molecule has 20 heavy (non-hydrogen) atoms. The van der Waals surface area contributed by atoms with Gasteiger partial charge in [-0.15, -0.1) is 0 Å². The van der Waals surface area contributed by atoms with E-state index in [0.717, 1.165) is 30.2 Å². The van der Waals surface area contributed by atoms with Crippen molar-refractivity contribution in [3.05, 3.63) is 47.8 Å². The fourth-order valence-electron chi connectivity index (χ4n) is 2.53. The van der Waals surface area contributed by atoms with Gasteiger partial charge in [0.25, 0.3) is 0 Å². The maximum atomic E-state index is 10.6. The second-order valence-electron chi connectivity index (χ2n) is 4.86. The summed E-state index contributed by atoms with van der Waals surface area (Å²) >= 11 is 0. The van der Waals surface area contributed by atoms with E-state index in [1.807, 2.05) is 12.4 Å². The monoisotopic (exact) mass is 269 g/mol. The molecule has 0 saturated carbocycles. The summed E-state index contributed by atoms with van der Waals surface area (Å²) in [5.74, 6) is -0.963. The van der Waals surface area contributed by atoms with Crippen LogP contribution in [0.25, 0.3) is 11.8 Å². The molecule has 0 fully saturated rings. The smallest absolute Gasteiger partial charge is 0.328 e. The fraction of sp³-hybridized carbons (Fsp3) is 0.267. The van der Waals surface area contributed by atoms with Crippen molar-refractivity contribution in [2.24, 2.45) is 0 Å². The zero-order valence-corrected chi connectivity index (χ0v) is 11.0. The first kappa shape index (κ1) is 12.6. The topological polar surface area (TPSA) is 68.0 Å². The highest BCUT2D eigenvalue weighted by Crippen LogP contribution is 2.23. The number of aryl methyl sites for hydroxylation is 1. The molecule has 1 N–H and O–H groups in total. The molecule has 0 radical (unpaired) electrons. The molecule has 0 bridgehead atoms. The molecule has 2 heterocycles. The van der Waals surface area contributed by atoms with Gasteiger partial charge in [0.1, 0.15) is 0 Å². The van der Waals surface area contributed by atoms with Crippen LogP contribution in [0.5, 0.6) is 0 Å². The number of rotatable bonds is 3. The van der Waals surface area contributed by atoms with E-state index >= 15 is 0 Å². The Hall–Kier alpha value is -2.43. The summed E-state index contributed by atoms with van der Waals surface area (Å²) in [6.45, 7) is 0. The van der Waals surface area contributed by atoms with Crippen molar-refractivity contribution in [2.75, 3.05) is 0 Å². The Morgan fingerprint density at radius 1 is 1.30 bits per heavy atom. The molecule has 0 aliphatic heterocycles. The number of pyridine rings is 1. The molecule has 0 spiro atoms. The van der Waals surface area contributed by atoms with Crippen molar-refractivity contribution in [1.82, 2.24) is 14.5 Å². The number of carbonyl (C=O) groups is 1. The Morgan fingerprint density at radius 3 is 3.00 bits per heavy atom. The van der Waals surface area contributed by atoms with Crippen LogP contribution < -0.4 is 0 Å². The van der Waals surface area contributed by atoms with E-state index in [0.29, 0.717) is 0 Å². The van der Waals surface area contributed by atoms with Gasteiger partial charge in [0.05, 0.1) is 23.9 Å². The minimum Gasteiger partial charge on any atom is -0.478 e. The third kappa shape index (κ3) is 2.47. The molecule has 2 aromatic rings. The van der Waals surface area contributed by atoms with Crippen LogP contribution in [-0.2, 0) is 17.6 Å². The van der Waals surface area contributed by atoms with Gasteiger partial charge in [-0.05, 0) is 43.4 Å². The van der Waals surface area contributed by atoms with Crippen molar-refractivity contribution < 1.29 is 9.90 Å². The first-order valence-corrected chi connectivity index (χ1v) is 6.65. The molecule has 0 saturated heterocycles. The van der Waals surface area contributed by atoms with Crippen molar-refractivity contribution in [3.8, 4) is 5.69 Å². The Kier molecular flexibility index (Phi) is 3.33. The highest BCUT2D eigenvalue weighted by molar-refractivity contribution is 5.85. The van der Waals surface area contributed by atoms with Crippen LogP contribution in [0.1, 0.15) is 29.8 Å². The lowest BCUT2D eigenvalue weighted by molar-refractivity contribution is -0.131. The Labute approximate surface area is 116 Å². The molecule has 1 aliphatic carbocycles. The van der Waals surface area contributed by atoms with Crippen LogP contribution in [-0.4, -0.2) is 25.6 Å². The molecule has 102 valence electrons. The van der Waals surface area contributed by atoms with Crippen LogP contribution in [0.3, 0.4) is 0 Å². The van der Waals surface area contributed by atoms with Crippen LogP contribution in [0.15, 0.2) is 30.9 Å². The lowest BCUT2D eigenvalue weighted by Gasteiger charge is -2.14. The van der Waals surface area contributed by atoms with Crippen LogP contribution in [0.4, 0.5) is 0 Å². The summed E-state index contributed by atoms with van der Waals surface area (Å²) in [6, 6.07) is 1.92. The summed E-state index contributed by atoms with van der Waals surface area (Å²) in [4.78, 5) is 19.2. The number of carboxylic acid groups (broad SMARTS) is 1. The van der Waals surface area contributed by atoms with E-state index in [2.05, 4.69) is 14.5 Å². The Morgan fingerprint density at radius 2 is 2.15 bits per heavy atom.